The van der Waals surface area contributed by atoms with Gasteiger partial charge in [0.15, 0.2) is 0 Å². The van der Waals surface area contributed by atoms with E-state index in [1.807, 2.05) is 6.07 Å². The lowest BCUT2D eigenvalue weighted by atomic mass is 9.66. The van der Waals surface area contributed by atoms with Gasteiger partial charge in [-0.1, -0.05) is 0 Å². The van der Waals surface area contributed by atoms with Gasteiger partial charge in [0.25, 0.3) is 0 Å². The molecule has 2 N–H and O–H groups in total. The number of rotatable bonds is 3. The highest BCUT2D eigenvalue weighted by Gasteiger charge is 2.51. The summed E-state index contributed by atoms with van der Waals surface area (Å²) in [5, 5.41) is 15.6. The zero-order valence-corrected chi connectivity index (χ0v) is 17.8. The van der Waals surface area contributed by atoms with Crippen LogP contribution in [0, 0.1) is 29.1 Å². The first-order chi connectivity index (χ1) is 15.1. The molecule has 8 heteroatoms. The lowest BCUT2D eigenvalue weighted by Gasteiger charge is -2.51. The third kappa shape index (κ3) is 4.13. The monoisotopic (exact) mass is 426 g/mol. The molecule has 4 fully saturated rings. The van der Waals surface area contributed by atoms with Gasteiger partial charge in [-0.25, -0.2) is 9.37 Å². The second-order valence-electron chi connectivity index (χ2n) is 9.58. The highest BCUT2D eigenvalue weighted by molar-refractivity contribution is 5.81. The first kappa shape index (κ1) is 20.7. The van der Waals surface area contributed by atoms with E-state index < -0.39 is 6.17 Å². The molecule has 0 radical (unpaired) electrons. The molecule has 6 unspecified atom stereocenters. The van der Waals surface area contributed by atoms with Crippen LogP contribution >= 0.6 is 0 Å². The molecule has 1 aromatic rings. The normalized spacial score (nSPS) is 36.1. The van der Waals surface area contributed by atoms with Crippen LogP contribution < -0.4 is 15.5 Å². The Balaban J connectivity index is 1.16. The quantitative estimate of drug-likeness (QED) is 0.758. The van der Waals surface area contributed by atoms with Crippen molar-refractivity contribution in [1.29, 1.82) is 5.26 Å². The Morgan fingerprint density at radius 3 is 2.81 bits per heavy atom. The van der Waals surface area contributed by atoms with Crippen molar-refractivity contribution in [2.24, 2.45) is 17.8 Å². The van der Waals surface area contributed by atoms with Crippen LogP contribution in [0.1, 0.15) is 31.2 Å². The number of hydrogen-bond donors (Lipinski definition) is 2. The van der Waals surface area contributed by atoms with Crippen LogP contribution in [-0.4, -0.2) is 73.3 Å². The largest absolute Gasteiger partial charge is 0.354 e. The maximum Gasteiger partial charge on any atom is 0.224 e. The van der Waals surface area contributed by atoms with Gasteiger partial charge in [0.1, 0.15) is 18.1 Å². The summed E-state index contributed by atoms with van der Waals surface area (Å²) in [6, 6.07) is 5.77. The number of aromatic nitrogens is 1. The van der Waals surface area contributed by atoms with Crippen molar-refractivity contribution in [1.82, 2.24) is 20.5 Å². The molecule has 1 saturated carbocycles. The Bertz CT molecular complexity index is 833. The zero-order chi connectivity index (χ0) is 21.4. The highest BCUT2D eigenvalue weighted by atomic mass is 19.1. The molecule has 4 aliphatic rings. The Hall–Kier alpha value is -2.24. The Labute approximate surface area is 183 Å². The molecule has 0 aromatic carbocycles. The molecule has 5 rings (SSSR count). The van der Waals surface area contributed by atoms with E-state index in [4.69, 9.17) is 5.26 Å². The second-order valence-corrected chi connectivity index (χ2v) is 9.58. The van der Waals surface area contributed by atoms with E-state index in [1.54, 1.807) is 12.3 Å². The summed E-state index contributed by atoms with van der Waals surface area (Å²) >= 11 is 0. The summed E-state index contributed by atoms with van der Waals surface area (Å²) in [4.78, 5) is 21.6. The number of nitrogens with zero attached hydrogens (tertiary/aromatic N) is 4. The van der Waals surface area contributed by atoms with E-state index >= 15 is 4.39 Å². The highest BCUT2D eigenvalue weighted by Crippen LogP contribution is 2.40. The molecule has 0 bridgehead atoms. The van der Waals surface area contributed by atoms with Gasteiger partial charge >= 0.3 is 0 Å². The number of pyridine rings is 1. The van der Waals surface area contributed by atoms with Gasteiger partial charge in [-0.15, -0.1) is 0 Å². The Kier molecular flexibility index (Phi) is 5.81. The zero-order valence-electron chi connectivity index (χ0n) is 17.8. The number of carbonyl (C=O) groups excluding carboxylic acids is 1. The summed E-state index contributed by atoms with van der Waals surface area (Å²) in [6.45, 7) is 5.37. The van der Waals surface area contributed by atoms with Crippen LogP contribution in [0.4, 0.5) is 10.2 Å². The number of nitrogens with one attached hydrogen (secondary N) is 2. The molecule has 3 aliphatic heterocycles. The molecule has 7 nitrogen and oxygen atoms in total. The molecule has 166 valence electrons. The SMILES string of the molecule is N#Cc1ccc(N2CCN(CC3CC(F)C4C(C3)NC(=O)C3CCCNC34)CC2)nc1. The number of hydrogen-bond acceptors (Lipinski definition) is 6. The maximum atomic E-state index is 15.3. The van der Waals surface area contributed by atoms with Gasteiger partial charge in [-0.3, -0.25) is 9.69 Å². The third-order valence-electron chi connectivity index (χ3n) is 7.70. The van der Waals surface area contributed by atoms with Crippen LogP contribution in [-0.2, 0) is 4.79 Å². The number of nitriles is 1. The fraction of sp³-hybridized carbons (Fsp3) is 0.696. The number of halogens is 1. The summed E-state index contributed by atoms with van der Waals surface area (Å²) < 4.78 is 15.3. The van der Waals surface area contributed by atoms with Crippen molar-refractivity contribution >= 4 is 11.7 Å². The molecule has 1 amide bonds. The van der Waals surface area contributed by atoms with E-state index in [2.05, 4.69) is 31.5 Å². The van der Waals surface area contributed by atoms with Crippen LogP contribution in [0.25, 0.3) is 0 Å². The molecular weight excluding hydrogens is 395 g/mol. The molecule has 4 heterocycles. The van der Waals surface area contributed by atoms with Gasteiger partial charge in [-0.2, -0.15) is 5.26 Å². The number of fused-ring (bicyclic) bond motifs is 3. The van der Waals surface area contributed by atoms with Gasteiger partial charge in [-0.05, 0) is 50.3 Å². The Morgan fingerprint density at radius 2 is 2.06 bits per heavy atom. The molecular formula is C23H31FN6O. The number of piperazine rings is 1. The minimum atomic E-state index is -0.855. The number of alkyl halides is 1. The summed E-state index contributed by atoms with van der Waals surface area (Å²) in [5.41, 5.74) is 0.573. The topological polar surface area (TPSA) is 84.3 Å². The average Bonchev–Trinajstić information content (AvgIpc) is 2.79. The van der Waals surface area contributed by atoms with Crippen molar-refractivity contribution in [3.63, 3.8) is 0 Å². The predicted molar refractivity (Wildman–Crippen MR) is 115 cm³/mol. The van der Waals surface area contributed by atoms with Gasteiger partial charge in [0.2, 0.25) is 5.91 Å². The Morgan fingerprint density at radius 1 is 1.23 bits per heavy atom. The molecule has 0 spiro atoms. The minimum absolute atomic E-state index is 0.00640. The fourth-order valence-corrected chi connectivity index (χ4v) is 6.18. The van der Waals surface area contributed by atoms with Gasteiger partial charge in [0, 0.05) is 56.9 Å². The lowest BCUT2D eigenvalue weighted by Crippen LogP contribution is -2.67. The number of anilines is 1. The number of amides is 1. The van der Waals surface area contributed by atoms with Gasteiger partial charge in [0.05, 0.1) is 11.5 Å². The third-order valence-corrected chi connectivity index (χ3v) is 7.70. The fourth-order valence-electron chi connectivity index (χ4n) is 6.18. The van der Waals surface area contributed by atoms with E-state index in [9.17, 15) is 4.79 Å². The molecule has 6 atom stereocenters. The van der Waals surface area contributed by atoms with Crippen molar-refractivity contribution in [2.45, 2.75) is 43.9 Å². The first-order valence-corrected chi connectivity index (χ1v) is 11.6. The summed E-state index contributed by atoms with van der Waals surface area (Å²) in [6.07, 6.45) is 4.10. The lowest BCUT2D eigenvalue weighted by molar-refractivity contribution is -0.135. The molecule has 1 aliphatic carbocycles. The average molecular weight is 427 g/mol. The van der Waals surface area contributed by atoms with Crippen molar-refractivity contribution in [3.8, 4) is 6.07 Å². The van der Waals surface area contributed by atoms with Gasteiger partial charge < -0.3 is 15.5 Å². The van der Waals surface area contributed by atoms with E-state index in [-0.39, 0.29) is 35.7 Å². The molecule has 1 aromatic heterocycles. The van der Waals surface area contributed by atoms with Crippen molar-refractivity contribution in [2.75, 3.05) is 44.2 Å². The second kappa shape index (κ2) is 8.71. The maximum absolute atomic E-state index is 15.3. The van der Waals surface area contributed by atoms with Crippen molar-refractivity contribution in [3.05, 3.63) is 23.9 Å². The molecule has 31 heavy (non-hydrogen) atoms. The van der Waals surface area contributed by atoms with Crippen LogP contribution in [0.2, 0.25) is 0 Å². The minimum Gasteiger partial charge on any atom is -0.354 e. The predicted octanol–water partition coefficient (Wildman–Crippen LogP) is 1.31. The molecule has 3 saturated heterocycles. The van der Waals surface area contributed by atoms with Crippen LogP contribution in [0.5, 0.6) is 0 Å². The summed E-state index contributed by atoms with van der Waals surface area (Å²) in [5.74, 6) is 1.15. The first-order valence-electron chi connectivity index (χ1n) is 11.6. The van der Waals surface area contributed by atoms with E-state index in [0.29, 0.717) is 12.0 Å². The number of piperidine rings is 2. The van der Waals surface area contributed by atoms with E-state index in [1.165, 1.54) is 0 Å². The smallest absolute Gasteiger partial charge is 0.224 e. The summed E-state index contributed by atoms with van der Waals surface area (Å²) in [7, 11) is 0. The number of carbonyl (C=O) groups is 1. The standard InChI is InChI=1S/C23H31FN6O/c24-18-10-16(11-19-21(18)22-17(23(31)28-19)2-1-5-26-22)14-29-6-8-30(9-7-29)20-4-3-15(12-25)13-27-20/h3-4,13,16-19,21-22,26H,1-2,5-11,14H2,(H,28,31). The van der Waals surface area contributed by atoms with Crippen LogP contribution in [0.15, 0.2) is 18.3 Å². The van der Waals surface area contributed by atoms with Crippen LogP contribution in [0.3, 0.4) is 0 Å². The van der Waals surface area contributed by atoms with Crippen molar-refractivity contribution < 1.29 is 9.18 Å². The van der Waals surface area contributed by atoms with E-state index in [0.717, 1.165) is 64.3 Å².